The smallest absolute Gasteiger partial charge is 0.189 e. The Bertz CT molecular complexity index is 706. The highest BCUT2D eigenvalue weighted by Gasteiger charge is 2.24. The standard InChI is InChI=1S/C19H18O/c1-12(2)15-10-16-9-13(3)19(20)18(16)17(11-15)14-7-5-4-6-8-14/h4-12H,1-3H3. The number of ketones is 1. The Hall–Kier alpha value is -2.15. The van der Waals surface area contributed by atoms with Crippen LogP contribution in [0.4, 0.5) is 0 Å². The average Bonchev–Trinajstić information content (AvgIpc) is 2.74. The molecule has 0 aromatic heterocycles. The Morgan fingerprint density at radius 3 is 2.35 bits per heavy atom. The molecule has 2 aromatic carbocycles. The van der Waals surface area contributed by atoms with Gasteiger partial charge in [0.1, 0.15) is 0 Å². The van der Waals surface area contributed by atoms with E-state index in [2.05, 4.69) is 38.1 Å². The lowest BCUT2D eigenvalue weighted by Crippen LogP contribution is -2.01. The third-order valence-electron chi connectivity index (χ3n) is 3.90. The lowest BCUT2D eigenvalue weighted by molar-refractivity contribution is 0.103. The van der Waals surface area contributed by atoms with E-state index in [1.807, 2.05) is 31.2 Å². The molecule has 1 heteroatoms. The first-order valence-corrected chi connectivity index (χ1v) is 7.04. The van der Waals surface area contributed by atoms with Crippen LogP contribution in [-0.2, 0) is 0 Å². The van der Waals surface area contributed by atoms with Gasteiger partial charge in [-0.1, -0.05) is 56.3 Å². The van der Waals surface area contributed by atoms with Gasteiger partial charge < -0.3 is 0 Å². The molecule has 1 aliphatic rings. The number of carbonyl (C=O) groups is 1. The van der Waals surface area contributed by atoms with Gasteiger partial charge in [0, 0.05) is 5.56 Å². The maximum Gasteiger partial charge on any atom is 0.189 e. The van der Waals surface area contributed by atoms with Gasteiger partial charge in [-0.25, -0.2) is 0 Å². The minimum Gasteiger partial charge on any atom is -0.289 e. The molecule has 0 spiro atoms. The molecular formula is C19H18O. The van der Waals surface area contributed by atoms with Crippen LogP contribution in [0.15, 0.2) is 48.0 Å². The molecule has 1 aliphatic carbocycles. The van der Waals surface area contributed by atoms with Crippen LogP contribution >= 0.6 is 0 Å². The molecule has 0 unspecified atom stereocenters. The second kappa shape index (κ2) is 4.75. The van der Waals surface area contributed by atoms with Crippen molar-refractivity contribution in [3.05, 3.63) is 64.7 Å². The van der Waals surface area contributed by atoms with E-state index in [0.29, 0.717) is 5.92 Å². The van der Waals surface area contributed by atoms with E-state index in [-0.39, 0.29) is 5.78 Å². The highest BCUT2D eigenvalue weighted by Crippen LogP contribution is 2.36. The summed E-state index contributed by atoms with van der Waals surface area (Å²) in [6.45, 7) is 6.26. The van der Waals surface area contributed by atoms with Crippen molar-refractivity contribution < 1.29 is 4.79 Å². The number of hydrogen-bond acceptors (Lipinski definition) is 1. The molecule has 0 N–H and O–H groups in total. The van der Waals surface area contributed by atoms with E-state index in [1.54, 1.807) is 0 Å². The van der Waals surface area contributed by atoms with Crippen LogP contribution in [0.2, 0.25) is 0 Å². The average molecular weight is 262 g/mol. The Morgan fingerprint density at radius 1 is 1.00 bits per heavy atom. The quantitative estimate of drug-likeness (QED) is 0.738. The zero-order valence-electron chi connectivity index (χ0n) is 12.1. The van der Waals surface area contributed by atoms with Crippen LogP contribution in [0.25, 0.3) is 17.2 Å². The van der Waals surface area contributed by atoms with Crippen molar-refractivity contribution in [2.45, 2.75) is 26.7 Å². The summed E-state index contributed by atoms with van der Waals surface area (Å²) in [6, 6.07) is 14.5. The predicted octanol–water partition coefficient (Wildman–Crippen LogP) is 5.08. The Balaban J connectivity index is 2.28. The van der Waals surface area contributed by atoms with Gasteiger partial charge in [0.15, 0.2) is 5.78 Å². The normalized spacial score (nSPS) is 13.6. The Kier molecular flexibility index (Phi) is 3.06. The molecule has 0 atom stereocenters. The summed E-state index contributed by atoms with van der Waals surface area (Å²) in [5.41, 5.74) is 6.21. The van der Waals surface area contributed by atoms with Crippen molar-refractivity contribution in [1.29, 1.82) is 0 Å². The summed E-state index contributed by atoms with van der Waals surface area (Å²) in [4.78, 5) is 12.4. The van der Waals surface area contributed by atoms with Crippen molar-refractivity contribution in [2.24, 2.45) is 0 Å². The maximum absolute atomic E-state index is 12.4. The van der Waals surface area contributed by atoms with Crippen molar-refractivity contribution in [3.63, 3.8) is 0 Å². The lowest BCUT2D eigenvalue weighted by atomic mass is 9.90. The molecule has 0 aliphatic heterocycles. The highest BCUT2D eigenvalue weighted by atomic mass is 16.1. The number of Topliss-reactive ketones (excluding diaryl/α,β-unsaturated/α-hetero) is 1. The number of fused-ring (bicyclic) bond motifs is 1. The topological polar surface area (TPSA) is 17.1 Å². The van der Waals surface area contributed by atoms with Crippen LogP contribution in [0, 0.1) is 0 Å². The minimum absolute atomic E-state index is 0.161. The van der Waals surface area contributed by atoms with Gasteiger partial charge in [0.25, 0.3) is 0 Å². The van der Waals surface area contributed by atoms with Gasteiger partial charge in [-0.05, 0) is 46.7 Å². The molecule has 100 valence electrons. The van der Waals surface area contributed by atoms with Gasteiger partial charge >= 0.3 is 0 Å². The Labute approximate surface area is 120 Å². The molecule has 20 heavy (non-hydrogen) atoms. The van der Waals surface area contributed by atoms with E-state index in [4.69, 9.17) is 0 Å². The number of rotatable bonds is 2. The third-order valence-corrected chi connectivity index (χ3v) is 3.90. The second-order valence-electron chi connectivity index (χ2n) is 5.71. The highest BCUT2D eigenvalue weighted by molar-refractivity contribution is 6.20. The molecule has 2 aromatic rings. The van der Waals surface area contributed by atoms with E-state index in [9.17, 15) is 4.79 Å². The number of carbonyl (C=O) groups excluding carboxylic acids is 1. The zero-order valence-corrected chi connectivity index (χ0v) is 12.1. The van der Waals surface area contributed by atoms with Crippen LogP contribution in [-0.4, -0.2) is 5.78 Å². The molecule has 0 radical (unpaired) electrons. The lowest BCUT2D eigenvalue weighted by Gasteiger charge is -2.13. The molecule has 0 saturated heterocycles. The number of benzene rings is 2. The van der Waals surface area contributed by atoms with Gasteiger partial charge in [0.05, 0.1) is 0 Å². The summed E-state index contributed by atoms with van der Waals surface area (Å²) in [6.07, 6.45) is 2.01. The summed E-state index contributed by atoms with van der Waals surface area (Å²) < 4.78 is 0. The van der Waals surface area contributed by atoms with Gasteiger partial charge in [-0.15, -0.1) is 0 Å². The summed E-state index contributed by atoms with van der Waals surface area (Å²) in [5.74, 6) is 0.612. The molecule has 3 rings (SSSR count). The molecule has 1 nitrogen and oxygen atoms in total. The summed E-state index contributed by atoms with van der Waals surface area (Å²) in [7, 11) is 0. The number of allylic oxidation sites excluding steroid dienone is 1. The monoisotopic (exact) mass is 262 g/mol. The molecule has 0 heterocycles. The molecule has 0 amide bonds. The van der Waals surface area contributed by atoms with Crippen molar-refractivity contribution in [3.8, 4) is 11.1 Å². The molecule has 0 fully saturated rings. The first-order chi connectivity index (χ1) is 9.58. The summed E-state index contributed by atoms with van der Waals surface area (Å²) >= 11 is 0. The fourth-order valence-electron chi connectivity index (χ4n) is 2.73. The van der Waals surface area contributed by atoms with Crippen LogP contribution < -0.4 is 0 Å². The third kappa shape index (κ3) is 2.00. The maximum atomic E-state index is 12.4. The van der Waals surface area contributed by atoms with Gasteiger partial charge in [-0.2, -0.15) is 0 Å². The van der Waals surface area contributed by atoms with E-state index in [1.165, 1.54) is 5.56 Å². The first kappa shape index (κ1) is 12.9. The largest absolute Gasteiger partial charge is 0.289 e. The molecule has 0 bridgehead atoms. The minimum atomic E-state index is 0.161. The second-order valence-corrected chi connectivity index (χ2v) is 5.71. The van der Waals surface area contributed by atoms with Crippen LogP contribution in [0.3, 0.4) is 0 Å². The number of hydrogen-bond donors (Lipinski definition) is 0. The van der Waals surface area contributed by atoms with Gasteiger partial charge in [0.2, 0.25) is 0 Å². The van der Waals surface area contributed by atoms with E-state index >= 15 is 0 Å². The van der Waals surface area contributed by atoms with Gasteiger partial charge in [-0.3, -0.25) is 4.79 Å². The van der Waals surface area contributed by atoms with Crippen molar-refractivity contribution >= 4 is 11.9 Å². The van der Waals surface area contributed by atoms with Crippen molar-refractivity contribution in [1.82, 2.24) is 0 Å². The fraction of sp³-hybridized carbons (Fsp3) is 0.211. The van der Waals surface area contributed by atoms with Crippen LogP contribution in [0.1, 0.15) is 48.2 Å². The zero-order chi connectivity index (χ0) is 14.3. The SMILES string of the molecule is CC1=Cc2cc(C(C)C)cc(-c3ccccc3)c2C1=O. The summed E-state index contributed by atoms with van der Waals surface area (Å²) in [5, 5.41) is 0. The molecule has 0 saturated carbocycles. The van der Waals surface area contributed by atoms with Crippen molar-refractivity contribution in [2.75, 3.05) is 0 Å². The predicted molar refractivity (Wildman–Crippen MR) is 83.9 cm³/mol. The Morgan fingerprint density at radius 2 is 1.70 bits per heavy atom. The van der Waals surface area contributed by atoms with E-state index in [0.717, 1.165) is 27.8 Å². The fourth-order valence-corrected chi connectivity index (χ4v) is 2.73. The van der Waals surface area contributed by atoms with E-state index < -0.39 is 0 Å². The first-order valence-electron chi connectivity index (χ1n) is 7.04. The molecular weight excluding hydrogens is 244 g/mol. The van der Waals surface area contributed by atoms with Crippen LogP contribution in [0.5, 0.6) is 0 Å².